The van der Waals surface area contributed by atoms with Crippen LogP contribution in [0.1, 0.15) is 24.0 Å². The molecule has 1 atom stereocenters. The van der Waals surface area contributed by atoms with Gasteiger partial charge in [0, 0.05) is 17.1 Å². The Morgan fingerprint density at radius 3 is 2.70 bits per heavy atom. The van der Waals surface area contributed by atoms with Crippen LogP contribution in [0, 0.1) is 0 Å². The Balaban J connectivity index is 1.46. The van der Waals surface area contributed by atoms with Crippen molar-refractivity contribution in [3.8, 4) is 0 Å². The van der Waals surface area contributed by atoms with Crippen molar-refractivity contribution in [3.63, 3.8) is 0 Å². The Hall–Kier alpha value is -1.78. The van der Waals surface area contributed by atoms with E-state index < -0.39 is 5.60 Å². The molecule has 1 aliphatic carbocycles. The third kappa shape index (κ3) is 3.95. The second-order valence-corrected chi connectivity index (χ2v) is 7.05. The highest BCUT2D eigenvalue weighted by Crippen LogP contribution is 2.36. The fourth-order valence-corrected chi connectivity index (χ4v) is 3.84. The van der Waals surface area contributed by atoms with E-state index in [-0.39, 0.29) is 5.91 Å². The average molecular weight is 327 g/mol. The first-order valence-corrected chi connectivity index (χ1v) is 8.91. The molecule has 4 heteroatoms. The van der Waals surface area contributed by atoms with Gasteiger partial charge in [-0.25, -0.2) is 0 Å². The summed E-state index contributed by atoms with van der Waals surface area (Å²) in [7, 11) is 0. The molecule has 1 unspecified atom stereocenters. The number of carbonyl (C=O) groups is 1. The summed E-state index contributed by atoms with van der Waals surface area (Å²) >= 11 is 1.67. The summed E-state index contributed by atoms with van der Waals surface area (Å²) in [6.07, 6.45) is 2.00. The van der Waals surface area contributed by atoms with Gasteiger partial charge in [0.1, 0.15) is 5.60 Å². The normalized spacial score (nSPS) is 19.3. The number of thioether (sulfide) groups is 1. The lowest BCUT2D eigenvalue weighted by atomic mass is 9.96. The van der Waals surface area contributed by atoms with E-state index in [1.54, 1.807) is 11.8 Å². The predicted molar refractivity (Wildman–Crippen MR) is 93.5 cm³/mol. The molecule has 0 heterocycles. The largest absolute Gasteiger partial charge is 0.383 e. The van der Waals surface area contributed by atoms with Gasteiger partial charge in [0.25, 0.3) is 0 Å². The minimum Gasteiger partial charge on any atom is -0.383 e. The molecular weight excluding hydrogens is 306 g/mol. The van der Waals surface area contributed by atoms with Gasteiger partial charge in [-0.15, -0.1) is 11.8 Å². The smallest absolute Gasteiger partial charge is 0.220 e. The number of aliphatic hydroxyl groups is 1. The number of rotatable bonds is 6. The van der Waals surface area contributed by atoms with Gasteiger partial charge >= 0.3 is 0 Å². The molecule has 2 N–H and O–H groups in total. The molecule has 0 aliphatic heterocycles. The number of hydrogen-bond acceptors (Lipinski definition) is 3. The minimum absolute atomic E-state index is 0.00811. The van der Waals surface area contributed by atoms with E-state index in [0.29, 0.717) is 19.4 Å². The summed E-state index contributed by atoms with van der Waals surface area (Å²) in [5.74, 6) is 0.733. The topological polar surface area (TPSA) is 49.3 Å². The van der Waals surface area contributed by atoms with Gasteiger partial charge in [-0.05, 0) is 36.1 Å². The lowest BCUT2D eigenvalue weighted by Gasteiger charge is -2.24. The molecule has 1 amide bonds. The minimum atomic E-state index is -0.918. The zero-order valence-corrected chi connectivity index (χ0v) is 13.8. The molecule has 0 aromatic heterocycles. The van der Waals surface area contributed by atoms with E-state index in [1.807, 2.05) is 54.6 Å². The summed E-state index contributed by atoms with van der Waals surface area (Å²) in [6.45, 7) is 0.291. The van der Waals surface area contributed by atoms with E-state index in [0.717, 1.165) is 17.7 Å². The van der Waals surface area contributed by atoms with Crippen molar-refractivity contribution < 1.29 is 9.90 Å². The van der Waals surface area contributed by atoms with E-state index in [4.69, 9.17) is 0 Å². The van der Waals surface area contributed by atoms with Crippen molar-refractivity contribution in [1.82, 2.24) is 5.32 Å². The Morgan fingerprint density at radius 2 is 1.87 bits per heavy atom. The molecule has 3 nitrogen and oxygen atoms in total. The molecule has 2 aromatic carbocycles. The van der Waals surface area contributed by atoms with E-state index in [2.05, 4.69) is 5.32 Å². The van der Waals surface area contributed by atoms with Crippen molar-refractivity contribution in [3.05, 3.63) is 65.7 Å². The molecule has 0 saturated heterocycles. The van der Waals surface area contributed by atoms with Crippen LogP contribution < -0.4 is 5.32 Å². The zero-order chi connectivity index (χ0) is 16.1. The molecule has 0 fully saturated rings. The summed E-state index contributed by atoms with van der Waals surface area (Å²) < 4.78 is 0. The SMILES string of the molecule is O=C(CCSc1ccccc1)NCC1(O)CCc2ccccc21. The zero-order valence-electron chi connectivity index (χ0n) is 13.0. The van der Waals surface area contributed by atoms with Crippen molar-refractivity contribution in [2.24, 2.45) is 0 Å². The predicted octanol–water partition coefficient (Wildman–Crippen LogP) is 3.12. The second kappa shape index (κ2) is 7.20. The van der Waals surface area contributed by atoms with Crippen LogP contribution in [0.15, 0.2) is 59.5 Å². The van der Waals surface area contributed by atoms with Crippen LogP contribution in [-0.2, 0) is 16.8 Å². The monoisotopic (exact) mass is 327 g/mol. The molecule has 120 valence electrons. The fraction of sp³-hybridized carbons (Fsp3) is 0.316. The van der Waals surface area contributed by atoms with E-state index in [9.17, 15) is 9.90 Å². The van der Waals surface area contributed by atoms with Gasteiger partial charge in [0.05, 0.1) is 6.54 Å². The quantitative estimate of drug-likeness (QED) is 0.802. The van der Waals surface area contributed by atoms with E-state index >= 15 is 0 Å². The lowest BCUT2D eigenvalue weighted by molar-refractivity contribution is -0.122. The molecule has 0 saturated carbocycles. The van der Waals surface area contributed by atoms with Crippen LogP contribution in [0.25, 0.3) is 0 Å². The van der Waals surface area contributed by atoms with Gasteiger partial charge in [0.15, 0.2) is 0 Å². The maximum Gasteiger partial charge on any atom is 0.220 e. The molecular formula is C19H21NO2S. The van der Waals surface area contributed by atoms with Crippen molar-refractivity contribution in [2.45, 2.75) is 29.8 Å². The summed E-state index contributed by atoms with van der Waals surface area (Å²) in [5, 5.41) is 13.7. The second-order valence-electron chi connectivity index (χ2n) is 5.88. The van der Waals surface area contributed by atoms with Gasteiger partial charge in [-0.3, -0.25) is 4.79 Å². The summed E-state index contributed by atoms with van der Waals surface area (Å²) in [6, 6.07) is 18.0. The molecule has 23 heavy (non-hydrogen) atoms. The van der Waals surface area contributed by atoms with Crippen LogP contribution in [0.2, 0.25) is 0 Å². The van der Waals surface area contributed by atoms with Crippen LogP contribution in [0.5, 0.6) is 0 Å². The molecule has 0 spiro atoms. The van der Waals surface area contributed by atoms with Gasteiger partial charge in [-0.1, -0.05) is 42.5 Å². The molecule has 0 bridgehead atoms. The van der Waals surface area contributed by atoms with Gasteiger partial charge in [0.2, 0.25) is 5.91 Å². The van der Waals surface area contributed by atoms with Crippen molar-refractivity contribution in [2.75, 3.05) is 12.3 Å². The highest BCUT2D eigenvalue weighted by molar-refractivity contribution is 7.99. The summed E-state index contributed by atoms with van der Waals surface area (Å²) in [5.41, 5.74) is 1.22. The van der Waals surface area contributed by atoms with Crippen LogP contribution in [0.3, 0.4) is 0 Å². The van der Waals surface area contributed by atoms with Gasteiger partial charge < -0.3 is 10.4 Å². The first-order chi connectivity index (χ1) is 11.2. The summed E-state index contributed by atoms with van der Waals surface area (Å²) in [4.78, 5) is 13.2. The van der Waals surface area contributed by atoms with Crippen LogP contribution in [-0.4, -0.2) is 23.3 Å². The lowest BCUT2D eigenvalue weighted by Crippen LogP contribution is -2.39. The third-order valence-corrected chi connectivity index (χ3v) is 5.26. The highest BCUT2D eigenvalue weighted by Gasteiger charge is 2.36. The molecule has 3 rings (SSSR count). The number of fused-ring (bicyclic) bond motifs is 1. The first kappa shape index (κ1) is 16.1. The maximum atomic E-state index is 12.0. The Morgan fingerprint density at radius 1 is 1.13 bits per heavy atom. The van der Waals surface area contributed by atoms with Crippen LogP contribution in [0.4, 0.5) is 0 Å². The highest BCUT2D eigenvalue weighted by atomic mass is 32.2. The Kier molecular flexibility index (Phi) is 5.03. The van der Waals surface area contributed by atoms with Gasteiger partial charge in [-0.2, -0.15) is 0 Å². The third-order valence-electron chi connectivity index (χ3n) is 4.25. The van der Waals surface area contributed by atoms with E-state index in [1.165, 1.54) is 10.5 Å². The Labute approximate surface area is 141 Å². The standard InChI is InChI=1S/C19H21NO2S/c21-18(11-13-23-16-7-2-1-3-8-16)20-14-19(22)12-10-15-6-4-5-9-17(15)19/h1-9,22H,10-14H2,(H,20,21). The molecule has 2 aromatic rings. The maximum absolute atomic E-state index is 12.0. The number of hydrogen-bond donors (Lipinski definition) is 2. The molecule has 1 aliphatic rings. The van der Waals surface area contributed by atoms with Crippen molar-refractivity contribution >= 4 is 17.7 Å². The number of nitrogens with one attached hydrogen (secondary N) is 1. The average Bonchev–Trinajstić information content (AvgIpc) is 2.92. The number of benzene rings is 2. The molecule has 0 radical (unpaired) electrons. The van der Waals surface area contributed by atoms with Crippen LogP contribution >= 0.6 is 11.8 Å². The Bertz CT molecular complexity index is 674. The first-order valence-electron chi connectivity index (χ1n) is 7.93. The van der Waals surface area contributed by atoms with Crippen molar-refractivity contribution in [1.29, 1.82) is 0 Å². The number of carbonyl (C=O) groups excluding carboxylic acids is 1. The number of amides is 1. The fourth-order valence-electron chi connectivity index (χ4n) is 2.96. The number of aryl methyl sites for hydroxylation is 1.